The van der Waals surface area contributed by atoms with Crippen LogP contribution < -0.4 is 31.9 Å². The van der Waals surface area contributed by atoms with Crippen LogP contribution in [0.4, 0.5) is 18.9 Å². The van der Waals surface area contributed by atoms with E-state index in [1.807, 2.05) is 60.9 Å². The lowest BCUT2D eigenvalue weighted by atomic mass is 10.1. The predicted octanol–water partition coefficient (Wildman–Crippen LogP) is 1.18. The van der Waals surface area contributed by atoms with Crippen molar-refractivity contribution in [2.24, 2.45) is 4.99 Å². The Hall–Kier alpha value is -4.47. The van der Waals surface area contributed by atoms with Crippen LogP contribution in [0.5, 0.6) is 0 Å². The van der Waals surface area contributed by atoms with Gasteiger partial charge in [0, 0.05) is 28.5 Å². The zero-order valence-electron chi connectivity index (χ0n) is 18.1. The van der Waals surface area contributed by atoms with Gasteiger partial charge in [0.15, 0.2) is 0 Å². The minimum absolute atomic E-state index is 0.183. The number of carboxylic acid groups (broad SMARTS) is 1. The van der Waals surface area contributed by atoms with Crippen molar-refractivity contribution in [3.05, 3.63) is 93.6 Å². The third-order valence-electron chi connectivity index (χ3n) is 5.33. The van der Waals surface area contributed by atoms with Gasteiger partial charge in [-0.15, -0.1) is 0 Å². The molecule has 0 unspecified atom stereocenters. The van der Waals surface area contributed by atoms with E-state index in [1.165, 1.54) is 16.5 Å². The highest BCUT2D eigenvalue weighted by molar-refractivity contribution is 6.25. The molecule has 0 fully saturated rings. The second-order valence-corrected chi connectivity index (χ2v) is 7.68. The maximum atomic E-state index is 12.3. The third kappa shape index (κ3) is 5.55. The molecule has 1 amide bonds. The highest BCUT2D eigenvalue weighted by Crippen LogP contribution is 2.13. The monoisotopic (exact) mass is 480 g/mol. The van der Waals surface area contributed by atoms with Gasteiger partial charge in [0.05, 0.1) is 16.6 Å². The van der Waals surface area contributed by atoms with Gasteiger partial charge in [-0.05, 0) is 54.0 Å². The Labute approximate surface area is 196 Å². The van der Waals surface area contributed by atoms with Gasteiger partial charge in [-0.25, -0.2) is 9.79 Å². The molecule has 2 aliphatic heterocycles. The quantitative estimate of drug-likeness (QED) is 0.518. The molecule has 7 nitrogen and oxygen atoms in total. The largest absolute Gasteiger partial charge is 0.490 e. The zero-order valence-corrected chi connectivity index (χ0v) is 18.1. The Morgan fingerprint density at radius 2 is 1.69 bits per heavy atom. The fourth-order valence-electron chi connectivity index (χ4n) is 3.63. The number of pyridine rings is 1. The number of aromatic nitrogens is 1. The molecule has 10 heteroatoms. The highest BCUT2D eigenvalue weighted by atomic mass is 19.4. The summed E-state index contributed by atoms with van der Waals surface area (Å²) >= 11 is 0. The average molecular weight is 480 g/mol. The number of para-hydroxylation sites is 1. The lowest BCUT2D eigenvalue weighted by Crippen LogP contribution is -2.22. The van der Waals surface area contributed by atoms with E-state index in [0.717, 1.165) is 34.3 Å². The molecule has 0 saturated heterocycles. The van der Waals surface area contributed by atoms with Gasteiger partial charge in [-0.3, -0.25) is 9.78 Å². The summed E-state index contributed by atoms with van der Waals surface area (Å²) in [7, 11) is 0. The number of hydrogen-bond donors (Lipinski definition) is 3. The average Bonchev–Trinajstić information content (AvgIpc) is 3.38. The van der Waals surface area contributed by atoms with Gasteiger partial charge in [0.1, 0.15) is 0 Å². The van der Waals surface area contributed by atoms with Crippen molar-refractivity contribution in [1.29, 1.82) is 0 Å². The van der Waals surface area contributed by atoms with Crippen LogP contribution in [0.3, 0.4) is 0 Å². The van der Waals surface area contributed by atoms with Gasteiger partial charge in [-0.1, -0.05) is 30.3 Å². The molecule has 35 heavy (non-hydrogen) atoms. The lowest BCUT2D eigenvalue weighted by molar-refractivity contribution is -0.192. The number of amides is 1. The zero-order chi connectivity index (χ0) is 25.0. The molecule has 5 rings (SSSR count). The minimum atomic E-state index is -5.08. The Morgan fingerprint density at radius 1 is 0.971 bits per heavy atom. The van der Waals surface area contributed by atoms with Crippen molar-refractivity contribution in [2.45, 2.75) is 19.0 Å². The number of carbonyl (C=O) groups excluding carboxylic acids is 1. The van der Waals surface area contributed by atoms with Crippen molar-refractivity contribution in [1.82, 2.24) is 10.4 Å². The Kier molecular flexibility index (Phi) is 6.63. The summed E-state index contributed by atoms with van der Waals surface area (Å²) in [5.41, 5.74) is 10.6. The van der Waals surface area contributed by atoms with Crippen molar-refractivity contribution in [3.8, 4) is 0 Å². The summed E-state index contributed by atoms with van der Waals surface area (Å²) in [5, 5.41) is 10.9. The highest BCUT2D eigenvalue weighted by Gasteiger charge is 2.38. The summed E-state index contributed by atoms with van der Waals surface area (Å²) in [5.74, 6) is -2.94. The van der Waals surface area contributed by atoms with E-state index in [-0.39, 0.29) is 5.91 Å². The van der Waals surface area contributed by atoms with Crippen molar-refractivity contribution in [2.75, 3.05) is 5.43 Å². The SMILES string of the molecule is O=C(O)C(F)(F)F.O=C1N=c2ccccc2=C1C=c1ccc2c(c1)NNC=2CCc1ccncc1. The van der Waals surface area contributed by atoms with E-state index in [0.29, 0.717) is 5.57 Å². The van der Waals surface area contributed by atoms with Gasteiger partial charge in [0.25, 0.3) is 5.91 Å². The number of halogens is 3. The normalized spacial score (nSPS) is 14.3. The maximum Gasteiger partial charge on any atom is 0.490 e. The third-order valence-corrected chi connectivity index (χ3v) is 5.33. The number of aliphatic carboxylic acids is 1. The van der Waals surface area contributed by atoms with Crippen molar-refractivity contribution < 1.29 is 27.9 Å². The van der Waals surface area contributed by atoms with E-state index in [4.69, 9.17) is 9.90 Å². The molecule has 0 aliphatic carbocycles. The van der Waals surface area contributed by atoms with E-state index in [1.54, 1.807) is 0 Å². The summed E-state index contributed by atoms with van der Waals surface area (Å²) in [6.45, 7) is 0. The molecule has 3 aromatic rings. The molecule has 2 aliphatic rings. The predicted molar refractivity (Wildman–Crippen MR) is 122 cm³/mol. The summed E-state index contributed by atoms with van der Waals surface area (Å²) in [6, 6.07) is 17.9. The molecular weight excluding hydrogens is 461 g/mol. The van der Waals surface area contributed by atoms with Crippen LogP contribution in [0.25, 0.3) is 17.3 Å². The molecule has 0 atom stereocenters. The smallest absolute Gasteiger partial charge is 0.475 e. The number of hydrogen-bond acceptors (Lipinski definition) is 5. The number of alkyl halides is 3. The van der Waals surface area contributed by atoms with E-state index in [2.05, 4.69) is 33.0 Å². The minimum Gasteiger partial charge on any atom is -0.475 e. The van der Waals surface area contributed by atoms with Gasteiger partial charge >= 0.3 is 12.1 Å². The number of rotatable bonds is 4. The molecule has 1 aromatic heterocycles. The lowest BCUT2D eigenvalue weighted by Gasteiger charge is -2.04. The van der Waals surface area contributed by atoms with Crippen molar-refractivity contribution >= 4 is 34.9 Å². The first-order chi connectivity index (χ1) is 16.7. The summed E-state index contributed by atoms with van der Waals surface area (Å²) in [4.78, 5) is 29.4. The topological polar surface area (TPSA) is 104 Å². The maximum absolute atomic E-state index is 12.3. The fraction of sp³-hybridized carbons (Fsp3) is 0.120. The fourth-order valence-corrected chi connectivity index (χ4v) is 3.63. The van der Waals surface area contributed by atoms with Gasteiger partial charge in [-0.2, -0.15) is 13.2 Å². The second kappa shape index (κ2) is 9.80. The Bertz CT molecular complexity index is 1530. The molecule has 0 saturated carbocycles. The van der Waals surface area contributed by atoms with Crippen LogP contribution in [0.15, 0.2) is 72.0 Å². The van der Waals surface area contributed by atoms with E-state index >= 15 is 0 Å². The molecule has 0 spiro atoms. The molecule has 2 aromatic carbocycles. The number of nitrogens with zero attached hydrogens (tertiary/aromatic N) is 2. The second-order valence-electron chi connectivity index (χ2n) is 7.68. The van der Waals surface area contributed by atoms with Crippen molar-refractivity contribution in [3.63, 3.8) is 0 Å². The van der Waals surface area contributed by atoms with Crippen LogP contribution in [-0.2, 0) is 16.0 Å². The molecule has 3 N–H and O–H groups in total. The summed E-state index contributed by atoms with van der Waals surface area (Å²) < 4.78 is 31.7. The van der Waals surface area contributed by atoms with Crippen LogP contribution in [0, 0.1) is 0 Å². The first-order valence-electron chi connectivity index (χ1n) is 10.5. The number of carbonyl (C=O) groups is 2. The molecule has 3 heterocycles. The number of benzene rings is 2. The molecule has 0 bridgehead atoms. The molecule has 178 valence electrons. The molecule has 0 radical (unpaired) electrons. The van der Waals surface area contributed by atoms with Gasteiger partial charge < -0.3 is 16.0 Å². The number of nitrogens with one attached hydrogen (secondary N) is 2. The van der Waals surface area contributed by atoms with Crippen LogP contribution in [0.1, 0.15) is 12.0 Å². The number of aryl methyl sites for hydroxylation is 1. The first kappa shape index (κ1) is 23.7. The number of anilines is 1. The van der Waals surface area contributed by atoms with E-state index in [9.17, 15) is 18.0 Å². The Morgan fingerprint density at radius 3 is 2.40 bits per heavy atom. The van der Waals surface area contributed by atoms with Crippen LogP contribution in [0.2, 0.25) is 0 Å². The number of hydrazine groups is 1. The molecular formula is C25H19F3N4O3. The number of carboxylic acids is 1. The first-order valence-corrected chi connectivity index (χ1v) is 10.5. The number of fused-ring (bicyclic) bond motifs is 2. The van der Waals surface area contributed by atoms with Gasteiger partial charge in [0.2, 0.25) is 0 Å². The van der Waals surface area contributed by atoms with Crippen LogP contribution in [-0.4, -0.2) is 28.1 Å². The Balaban J connectivity index is 0.000000364. The summed E-state index contributed by atoms with van der Waals surface area (Å²) in [6.07, 6.45) is 2.33. The van der Waals surface area contributed by atoms with E-state index < -0.39 is 12.1 Å². The van der Waals surface area contributed by atoms with Crippen LogP contribution >= 0.6 is 0 Å². The standard InChI is InChI=1S/C23H18N4O.C2HF3O2/c28-23-19(17-3-1-2-4-20(17)25-23)13-16-5-7-18-21(26-27-22(18)14-16)8-6-15-9-11-24-12-10-15;3-2(4,5)1(6)7/h1-5,7,9-14,26-27H,6,8H2;(H,6,7).